The van der Waals surface area contributed by atoms with Crippen molar-refractivity contribution in [1.82, 2.24) is 0 Å². The van der Waals surface area contributed by atoms with E-state index in [1.165, 1.54) is 0 Å². The van der Waals surface area contributed by atoms with Gasteiger partial charge in [0.2, 0.25) is 5.91 Å². The van der Waals surface area contributed by atoms with Crippen LogP contribution in [0.1, 0.15) is 20.8 Å². The van der Waals surface area contributed by atoms with Crippen molar-refractivity contribution < 1.29 is 4.79 Å². The fourth-order valence-electron chi connectivity index (χ4n) is 1.11. The summed E-state index contributed by atoms with van der Waals surface area (Å²) < 4.78 is 0.0663. The van der Waals surface area contributed by atoms with Crippen LogP contribution in [0.25, 0.3) is 0 Å². The molecule has 3 nitrogen and oxygen atoms in total. The number of nitrogens with one attached hydrogen (secondary N) is 1. The maximum absolute atomic E-state index is 11.7. The molecule has 5 heteroatoms. The Bertz CT molecular complexity index is 415. The van der Waals surface area contributed by atoms with Crippen LogP contribution >= 0.6 is 23.4 Å². The number of amides is 1. The minimum Gasteiger partial charge on any atom is -0.399 e. The fourth-order valence-corrected chi connectivity index (χ4v) is 1.91. The van der Waals surface area contributed by atoms with Gasteiger partial charge in [0.05, 0.1) is 16.5 Å². The Hall–Kier alpha value is -0.870. The first kappa shape index (κ1) is 14.2. The highest BCUT2D eigenvalue weighted by Crippen LogP contribution is 2.26. The molecule has 94 valence electrons. The van der Waals surface area contributed by atoms with Gasteiger partial charge in [-0.3, -0.25) is 4.79 Å². The van der Waals surface area contributed by atoms with Gasteiger partial charge in [0.15, 0.2) is 0 Å². The summed E-state index contributed by atoms with van der Waals surface area (Å²) >= 11 is 7.54. The van der Waals surface area contributed by atoms with Crippen LogP contribution in [0.4, 0.5) is 11.4 Å². The van der Waals surface area contributed by atoms with Crippen molar-refractivity contribution >= 4 is 40.6 Å². The molecule has 0 spiro atoms. The van der Waals surface area contributed by atoms with Crippen LogP contribution < -0.4 is 11.1 Å². The predicted molar refractivity (Wildman–Crippen MR) is 76.7 cm³/mol. The number of nitrogens with two attached hydrogens (primary N) is 1. The Morgan fingerprint density at radius 3 is 2.71 bits per heavy atom. The van der Waals surface area contributed by atoms with Gasteiger partial charge in [0.25, 0.3) is 0 Å². The maximum Gasteiger partial charge on any atom is 0.234 e. The van der Waals surface area contributed by atoms with Crippen molar-refractivity contribution in [3.8, 4) is 0 Å². The zero-order chi connectivity index (χ0) is 13.1. The summed E-state index contributed by atoms with van der Waals surface area (Å²) in [6.45, 7) is 6.20. The van der Waals surface area contributed by atoms with Gasteiger partial charge in [-0.15, -0.1) is 11.8 Å². The SMILES string of the molecule is CC(C)(C)SCC(=O)Nc1cc(N)ccc1Cl. The van der Waals surface area contributed by atoms with E-state index in [4.69, 9.17) is 17.3 Å². The van der Waals surface area contributed by atoms with Crippen LogP contribution in [-0.4, -0.2) is 16.4 Å². The zero-order valence-corrected chi connectivity index (χ0v) is 11.8. The second-order valence-corrected chi connectivity index (χ2v) is 6.90. The molecule has 0 aromatic heterocycles. The third-order valence-electron chi connectivity index (χ3n) is 1.90. The fraction of sp³-hybridized carbons (Fsp3) is 0.417. The number of anilines is 2. The second kappa shape index (κ2) is 5.65. The quantitative estimate of drug-likeness (QED) is 0.830. The van der Waals surface area contributed by atoms with Gasteiger partial charge >= 0.3 is 0 Å². The lowest BCUT2D eigenvalue weighted by Crippen LogP contribution is -2.19. The highest BCUT2D eigenvalue weighted by Gasteiger charge is 2.14. The molecule has 0 radical (unpaired) electrons. The number of benzene rings is 1. The number of thioether (sulfide) groups is 1. The van der Waals surface area contributed by atoms with Crippen molar-refractivity contribution in [3.05, 3.63) is 23.2 Å². The van der Waals surface area contributed by atoms with Crippen LogP contribution in [0.15, 0.2) is 18.2 Å². The third-order valence-corrected chi connectivity index (χ3v) is 3.50. The lowest BCUT2D eigenvalue weighted by atomic mass is 10.3. The standard InChI is InChI=1S/C12H17ClN2OS/c1-12(2,3)17-7-11(16)15-10-6-8(14)4-5-9(10)13/h4-6H,7,14H2,1-3H3,(H,15,16). The highest BCUT2D eigenvalue weighted by molar-refractivity contribution is 8.01. The van der Waals surface area contributed by atoms with Crippen molar-refractivity contribution in [2.75, 3.05) is 16.8 Å². The van der Waals surface area contributed by atoms with Crippen molar-refractivity contribution in [2.45, 2.75) is 25.5 Å². The smallest absolute Gasteiger partial charge is 0.234 e. The molecular formula is C12H17ClN2OS. The van der Waals surface area contributed by atoms with Crippen LogP contribution in [-0.2, 0) is 4.79 Å². The first-order chi connectivity index (χ1) is 7.78. The summed E-state index contributed by atoms with van der Waals surface area (Å²) in [6.07, 6.45) is 0. The van der Waals surface area contributed by atoms with E-state index in [-0.39, 0.29) is 10.7 Å². The van der Waals surface area contributed by atoms with Crippen molar-refractivity contribution in [2.24, 2.45) is 0 Å². The monoisotopic (exact) mass is 272 g/mol. The molecule has 1 amide bonds. The predicted octanol–water partition coefficient (Wildman–Crippen LogP) is 3.39. The number of nitrogen functional groups attached to an aromatic ring is 1. The molecule has 0 atom stereocenters. The number of halogens is 1. The summed E-state index contributed by atoms with van der Waals surface area (Å²) in [7, 11) is 0. The van der Waals surface area contributed by atoms with Gasteiger partial charge in [0, 0.05) is 10.4 Å². The van der Waals surface area contributed by atoms with Crippen LogP contribution in [0.3, 0.4) is 0 Å². The molecule has 0 aliphatic heterocycles. The minimum absolute atomic E-state index is 0.0663. The van der Waals surface area contributed by atoms with E-state index in [0.29, 0.717) is 22.2 Å². The molecule has 0 heterocycles. The topological polar surface area (TPSA) is 55.1 Å². The molecule has 0 aliphatic carbocycles. The largest absolute Gasteiger partial charge is 0.399 e. The Kier molecular flexibility index (Phi) is 4.71. The average molecular weight is 273 g/mol. The van der Waals surface area contributed by atoms with E-state index in [9.17, 15) is 4.79 Å². The Balaban J connectivity index is 2.59. The number of carbonyl (C=O) groups excluding carboxylic acids is 1. The summed E-state index contributed by atoms with van der Waals surface area (Å²) in [4.78, 5) is 11.7. The summed E-state index contributed by atoms with van der Waals surface area (Å²) in [5.41, 5.74) is 6.77. The number of hydrogen-bond donors (Lipinski definition) is 2. The zero-order valence-electron chi connectivity index (χ0n) is 10.2. The van der Waals surface area contributed by atoms with Crippen LogP contribution in [0.5, 0.6) is 0 Å². The van der Waals surface area contributed by atoms with E-state index >= 15 is 0 Å². The molecule has 17 heavy (non-hydrogen) atoms. The van der Waals surface area contributed by atoms with Crippen LogP contribution in [0.2, 0.25) is 5.02 Å². The van der Waals surface area contributed by atoms with Gasteiger partial charge in [-0.05, 0) is 18.2 Å². The lowest BCUT2D eigenvalue weighted by molar-refractivity contribution is -0.113. The maximum atomic E-state index is 11.7. The van der Waals surface area contributed by atoms with Gasteiger partial charge in [-0.25, -0.2) is 0 Å². The molecule has 1 aromatic carbocycles. The van der Waals surface area contributed by atoms with Gasteiger partial charge < -0.3 is 11.1 Å². The first-order valence-corrected chi connectivity index (χ1v) is 6.63. The van der Waals surface area contributed by atoms with Gasteiger partial charge in [-0.2, -0.15) is 0 Å². The minimum atomic E-state index is -0.0718. The Morgan fingerprint density at radius 2 is 2.12 bits per heavy atom. The summed E-state index contributed by atoms with van der Waals surface area (Å²) in [6, 6.07) is 5.02. The first-order valence-electron chi connectivity index (χ1n) is 5.27. The Labute approximate surface area is 111 Å². The van der Waals surface area contributed by atoms with E-state index in [1.807, 2.05) is 0 Å². The van der Waals surface area contributed by atoms with Crippen molar-refractivity contribution in [3.63, 3.8) is 0 Å². The third kappa shape index (κ3) is 5.33. The highest BCUT2D eigenvalue weighted by atomic mass is 35.5. The number of carbonyl (C=O) groups is 1. The normalized spacial score (nSPS) is 11.3. The summed E-state index contributed by atoms with van der Waals surface area (Å²) in [5.74, 6) is 0.326. The number of hydrogen-bond acceptors (Lipinski definition) is 3. The molecule has 0 saturated heterocycles. The van der Waals surface area contributed by atoms with E-state index in [0.717, 1.165) is 0 Å². The number of rotatable bonds is 3. The molecular weight excluding hydrogens is 256 g/mol. The molecule has 3 N–H and O–H groups in total. The van der Waals surface area contributed by atoms with Gasteiger partial charge in [-0.1, -0.05) is 32.4 Å². The molecule has 1 aromatic rings. The Morgan fingerprint density at radius 1 is 1.47 bits per heavy atom. The molecule has 0 bridgehead atoms. The molecule has 0 saturated carbocycles. The average Bonchev–Trinajstić information content (AvgIpc) is 2.20. The van der Waals surface area contributed by atoms with Crippen LogP contribution in [0, 0.1) is 0 Å². The van der Waals surface area contributed by atoms with E-state index in [1.54, 1.807) is 30.0 Å². The molecule has 0 fully saturated rings. The second-order valence-electron chi connectivity index (χ2n) is 4.69. The molecule has 0 unspecified atom stereocenters. The summed E-state index contributed by atoms with van der Waals surface area (Å²) in [5, 5.41) is 3.25. The molecule has 1 rings (SSSR count). The molecule has 0 aliphatic rings. The lowest BCUT2D eigenvalue weighted by Gasteiger charge is -2.17. The van der Waals surface area contributed by atoms with Crippen molar-refractivity contribution in [1.29, 1.82) is 0 Å². The van der Waals surface area contributed by atoms with E-state index in [2.05, 4.69) is 26.1 Å². The van der Waals surface area contributed by atoms with E-state index < -0.39 is 0 Å². The van der Waals surface area contributed by atoms with Gasteiger partial charge in [0.1, 0.15) is 0 Å².